The van der Waals surface area contributed by atoms with Crippen LogP contribution >= 0.6 is 0 Å². The summed E-state index contributed by atoms with van der Waals surface area (Å²) in [5, 5.41) is 10.5. The van der Waals surface area contributed by atoms with Crippen molar-refractivity contribution in [2.24, 2.45) is 0 Å². The molecule has 0 unspecified atom stereocenters. The minimum absolute atomic E-state index is 0.0686. The molecule has 0 fully saturated rings. The number of alkyl halides is 3. The first-order chi connectivity index (χ1) is 8.06. The Morgan fingerprint density at radius 1 is 1.50 bits per heavy atom. The van der Waals surface area contributed by atoms with Gasteiger partial charge in [0.15, 0.2) is 5.82 Å². The van der Waals surface area contributed by atoms with Crippen LogP contribution in [-0.4, -0.2) is 34.2 Å². The van der Waals surface area contributed by atoms with Crippen molar-refractivity contribution in [1.29, 1.82) is 0 Å². The second kappa shape index (κ2) is 4.55. The molecular weight excluding hydrogens is 279 g/mol. The van der Waals surface area contributed by atoms with E-state index >= 15 is 0 Å². The number of rotatable bonds is 4. The molecule has 11 heteroatoms. The number of nitro groups is 1. The zero-order chi connectivity index (χ0) is 14.1. The molecular formula is C7H8F3N3O4S. The topological polar surface area (TPSA) is 95.1 Å². The van der Waals surface area contributed by atoms with E-state index in [1.807, 2.05) is 0 Å². The highest BCUT2D eigenvalue weighted by Crippen LogP contribution is 2.24. The first kappa shape index (κ1) is 14.4. The summed E-state index contributed by atoms with van der Waals surface area (Å²) in [5.74, 6) is -1.75. The molecule has 0 aliphatic heterocycles. The summed E-state index contributed by atoms with van der Waals surface area (Å²) in [4.78, 5) is 13.2. The van der Waals surface area contributed by atoms with Gasteiger partial charge in [-0.2, -0.15) is 13.2 Å². The van der Waals surface area contributed by atoms with Gasteiger partial charge >= 0.3 is 11.3 Å². The fourth-order valence-electron chi connectivity index (χ4n) is 1.21. The molecule has 0 bridgehead atoms. The maximum absolute atomic E-state index is 12.1. The summed E-state index contributed by atoms with van der Waals surface area (Å²) < 4.78 is 58.7. The van der Waals surface area contributed by atoms with Crippen molar-refractivity contribution < 1.29 is 26.5 Å². The minimum Gasteiger partial charge on any atom is -0.358 e. The quantitative estimate of drug-likeness (QED) is 0.609. The Hall–Kier alpha value is -1.65. The van der Waals surface area contributed by atoms with Gasteiger partial charge < -0.3 is 10.1 Å². The summed E-state index contributed by atoms with van der Waals surface area (Å²) in [6.45, 7) is 0.650. The van der Waals surface area contributed by atoms with E-state index in [1.54, 1.807) is 0 Å². The summed E-state index contributed by atoms with van der Waals surface area (Å²) in [6.07, 6.45) is 0.857. The van der Waals surface area contributed by atoms with E-state index in [1.165, 1.54) is 6.92 Å². The Morgan fingerprint density at radius 3 is 2.50 bits per heavy atom. The standard InChI is InChI=1S/C7H8F3N3O4S/c1-5-11-4-6(13(14)15)12(5)2-3-18(16,17)7(8,9)10/h4H,2-3H2,1H3. The smallest absolute Gasteiger partial charge is 0.358 e. The summed E-state index contributed by atoms with van der Waals surface area (Å²) in [5.41, 5.74) is -5.36. The number of hydrogen-bond donors (Lipinski definition) is 0. The van der Waals surface area contributed by atoms with Crippen molar-refractivity contribution >= 4 is 15.7 Å². The van der Waals surface area contributed by atoms with E-state index in [0.29, 0.717) is 0 Å². The summed E-state index contributed by atoms with van der Waals surface area (Å²) >= 11 is 0. The van der Waals surface area contributed by atoms with Crippen molar-refractivity contribution in [3.05, 3.63) is 22.1 Å². The van der Waals surface area contributed by atoms with Gasteiger partial charge in [-0.25, -0.2) is 18.0 Å². The minimum atomic E-state index is -5.36. The molecule has 0 N–H and O–H groups in total. The highest BCUT2D eigenvalue weighted by Gasteiger charge is 2.45. The van der Waals surface area contributed by atoms with Crippen LogP contribution in [0.5, 0.6) is 0 Å². The third-order valence-electron chi connectivity index (χ3n) is 2.16. The van der Waals surface area contributed by atoms with E-state index in [2.05, 4.69) is 4.98 Å². The van der Waals surface area contributed by atoms with Gasteiger partial charge in [-0.15, -0.1) is 0 Å². The molecule has 18 heavy (non-hydrogen) atoms. The Morgan fingerprint density at radius 2 is 2.06 bits per heavy atom. The maximum atomic E-state index is 12.1. The van der Waals surface area contributed by atoms with Gasteiger partial charge in [0, 0.05) is 6.92 Å². The van der Waals surface area contributed by atoms with E-state index in [0.717, 1.165) is 10.8 Å². The van der Waals surface area contributed by atoms with Crippen LogP contribution < -0.4 is 0 Å². The van der Waals surface area contributed by atoms with Gasteiger partial charge in [0.05, 0.1) is 5.75 Å². The van der Waals surface area contributed by atoms with Gasteiger partial charge in [0.25, 0.3) is 9.84 Å². The van der Waals surface area contributed by atoms with E-state index in [4.69, 9.17) is 0 Å². The average Bonchev–Trinajstić information content (AvgIpc) is 2.55. The second-order valence-corrected chi connectivity index (χ2v) is 5.44. The van der Waals surface area contributed by atoms with Crippen LogP contribution in [0.4, 0.5) is 19.0 Å². The predicted octanol–water partition coefficient (Wildman–Crippen LogP) is 1.03. The van der Waals surface area contributed by atoms with Gasteiger partial charge in [0.1, 0.15) is 12.7 Å². The number of imidazole rings is 1. The molecule has 0 spiro atoms. The Bertz CT molecular complexity index is 563. The molecule has 0 saturated carbocycles. The van der Waals surface area contributed by atoms with Crippen LogP contribution in [0.1, 0.15) is 5.82 Å². The Kier molecular flexibility index (Phi) is 3.64. The van der Waals surface area contributed by atoms with Crippen LogP contribution in [-0.2, 0) is 16.4 Å². The van der Waals surface area contributed by atoms with Crippen molar-refractivity contribution in [2.45, 2.75) is 19.0 Å². The van der Waals surface area contributed by atoms with Crippen LogP contribution in [0, 0.1) is 17.0 Å². The highest BCUT2D eigenvalue weighted by molar-refractivity contribution is 7.92. The third-order valence-corrected chi connectivity index (χ3v) is 3.58. The molecule has 1 aromatic rings. The molecule has 0 radical (unpaired) electrons. The Balaban J connectivity index is 2.95. The first-order valence-electron chi connectivity index (χ1n) is 4.52. The van der Waals surface area contributed by atoms with Crippen LogP contribution in [0.3, 0.4) is 0 Å². The molecule has 102 valence electrons. The van der Waals surface area contributed by atoms with Gasteiger partial charge in [0.2, 0.25) is 0 Å². The Labute approximate surface area is 99.3 Å². The zero-order valence-electron chi connectivity index (χ0n) is 9.01. The van der Waals surface area contributed by atoms with Crippen molar-refractivity contribution in [1.82, 2.24) is 9.55 Å². The number of halogens is 3. The molecule has 1 aromatic heterocycles. The van der Waals surface area contributed by atoms with E-state index in [9.17, 15) is 31.7 Å². The fourth-order valence-corrected chi connectivity index (χ4v) is 1.86. The van der Waals surface area contributed by atoms with Gasteiger partial charge in [-0.3, -0.25) is 0 Å². The largest absolute Gasteiger partial charge is 0.497 e. The molecule has 0 aliphatic rings. The molecule has 0 aromatic carbocycles. The molecule has 1 heterocycles. The lowest BCUT2D eigenvalue weighted by atomic mass is 10.6. The molecule has 1 rings (SSSR count). The van der Waals surface area contributed by atoms with Gasteiger partial charge in [-0.1, -0.05) is 0 Å². The number of aromatic nitrogens is 2. The molecule has 0 atom stereocenters. The summed E-state index contributed by atoms with van der Waals surface area (Å²) in [7, 11) is -5.30. The van der Waals surface area contributed by atoms with Gasteiger partial charge in [-0.05, 0) is 4.92 Å². The highest BCUT2D eigenvalue weighted by atomic mass is 32.2. The number of aryl methyl sites for hydroxylation is 1. The fraction of sp³-hybridized carbons (Fsp3) is 0.571. The first-order valence-corrected chi connectivity index (χ1v) is 6.17. The second-order valence-electron chi connectivity index (χ2n) is 3.34. The third kappa shape index (κ3) is 2.78. The van der Waals surface area contributed by atoms with E-state index in [-0.39, 0.29) is 5.82 Å². The number of sulfone groups is 1. The molecule has 0 saturated heterocycles. The molecule has 0 aliphatic carbocycles. The lowest BCUT2D eigenvalue weighted by Crippen LogP contribution is -2.28. The maximum Gasteiger partial charge on any atom is 0.497 e. The zero-order valence-corrected chi connectivity index (χ0v) is 9.82. The SMILES string of the molecule is Cc1ncc([N+](=O)[O-])n1CCS(=O)(=O)C(F)(F)F. The number of nitrogens with zero attached hydrogens (tertiary/aromatic N) is 3. The van der Waals surface area contributed by atoms with Crippen molar-refractivity contribution in [3.63, 3.8) is 0 Å². The molecule has 0 amide bonds. The van der Waals surface area contributed by atoms with Crippen LogP contribution in [0.2, 0.25) is 0 Å². The monoisotopic (exact) mass is 287 g/mol. The number of hydrogen-bond acceptors (Lipinski definition) is 5. The van der Waals surface area contributed by atoms with Crippen molar-refractivity contribution in [3.8, 4) is 0 Å². The molecule has 7 nitrogen and oxygen atoms in total. The summed E-state index contributed by atoms with van der Waals surface area (Å²) in [6, 6.07) is 0. The predicted molar refractivity (Wildman–Crippen MR) is 53.5 cm³/mol. The normalized spacial score (nSPS) is 12.7. The average molecular weight is 287 g/mol. The van der Waals surface area contributed by atoms with E-state index < -0.39 is 38.4 Å². The lowest BCUT2D eigenvalue weighted by Gasteiger charge is -2.07. The lowest BCUT2D eigenvalue weighted by molar-refractivity contribution is -0.392. The van der Waals surface area contributed by atoms with Crippen LogP contribution in [0.15, 0.2) is 6.20 Å². The van der Waals surface area contributed by atoms with Crippen LogP contribution in [0.25, 0.3) is 0 Å². The van der Waals surface area contributed by atoms with Crippen molar-refractivity contribution in [2.75, 3.05) is 5.75 Å².